The number of primary sulfonamides is 1. The van der Waals surface area contributed by atoms with Gasteiger partial charge in [0.05, 0.1) is 11.0 Å². The highest BCUT2D eigenvalue weighted by Gasteiger charge is 2.17. The van der Waals surface area contributed by atoms with E-state index in [0.29, 0.717) is 0 Å². The van der Waals surface area contributed by atoms with Crippen molar-refractivity contribution in [2.75, 3.05) is 0 Å². The van der Waals surface area contributed by atoms with E-state index in [-0.39, 0.29) is 11.3 Å². The third-order valence-electron chi connectivity index (χ3n) is 1.54. The lowest BCUT2D eigenvalue weighted by Crippen LogP contribution is -2.14. The molecular weight excluding hydrogens is 210 g/mol. The Kier molecular flexibility index (Phi) is 2.49. The topological polar surface area (TPSA) is 116 Å². The van der Waals surface area contributed by atoms with Crippen molar-refractivity contribution in [1.82, 2.24) is 4.98 Å². The van der Waals surface area contributed by atoms with E-state index in [4.69, 9.17) is 5.14 Å². The predicted molar refractivity (Wildman–Crippen MR) is 47.0 cm³/mol. The van der Waals surface area contributed by atoms with Crippen LogP contribution in [0.1, 0.15) is 5.56 Å². The lowest BCUT2D eigenvalue weighted by atomic mass is 10.3. The van der Waals surface area contributed by atoms with Gasteiger partial charge < -0.3 is 0 Å². The average molecular weight is 217 g/mol. The van der Waals surface area contributed by atoms with Crippen LogP contribution in [0.3, 0.4) is 0 Å². The Morgan fingerprint density at radius 3 is 2.57 bits per heavy atom. The first-order valence-corrected chi connectivity index (χ1v) is 5.01. The lowest BCUT2D eigenvalue weighted by molar-refractivity contribution is -0.385. The Hall–Kier alpha value is -1.54. The molecule has 0 aromatic carbocycles. The predicted octanol–water partition coefficient (Wildman–Crippen LogP) is -0.0544. The largest absolute Gasteiger partial charge is 0.276 e. The zero-order chi connectivity index (χ0) is 10.9. The van der Waals surface area contributed by atoms with Gasteiger partial charge in [-0.05, 0) is 6.92 Å². The molecule has 0 saturated heterocycles. The van der Waals surface area contributed by atoms with Gasteiger partial charge in [0, 0.05) is 11.8 Å². The maximum atomic E-state index is 10.8. The average Bonchev–Trinajstić information content (AvgIpc) is 2.02. The Bertz CT molecular complexity index is 482. The summed E-state index contributed by atoms with van der Waals surface area (Å²) in [5.74, 6) is 0. The van der Waals surface area contributed by atoms with Crippen molar-refractivity contribution < 1.29 is 13.3 Å². The highest BCUT2D eigenvalue weighted by atomic mass is 32.2. The quantitative estimate of drug-likeness (QED) is 0.550. The maximum Gasteiger partial charge on any atom is 0.276 e. The Morgan fingerprint density at radius 2 is 2.14 bits per heavy atom. The molecule has 1 aromatic heterocycles. The Morgan fingerprint density at radius 1 is 1.57 bits per heavy atom. The van der Waals surface area contributed by atoms with Crippen LogP contribution in [-0.4, -0.2) is 18.3 Å². The van der Waals surface area contributed by atoms with Gasteiger partial charge in [-0.15, -0.1) is 0 Å². The zero-order valence-electron chi connectivity index (χ0n) is 7.17. The fourth-order valence-corrected chi connectivity index (χ4v) is 1.32. The summed E-state index contributed by atoms with van der Waals surface area (Å²) in [5, 5.41) is 14.7. The second-order valence-electron chi connectivity index (χ2n) is 2.61. The molecule has 0 aliphatic rings. The second-order valence-corrected chi connectivity index (χ2v) is 4.12. The van der Waals surface area contributed by atoms with E-state index in [2.05, 4.69) is 4.98 Å². The molecule has 0 amide bonds. The molecular formula is C6H7N3O4S. The van der Waals surface area contributed by atoms with Gasteiger partial charge in [0.1, 0.15) is 0 Å². The van der Waals surface area contributed by atoms with Crippen LogP contribution in [0.2, 0.25) is 0 Å². The molecule has 14 heavy (non-hydrogen) atoms. The highest BCUT2D eigenvalue weighted by molar-refractivity contribution is 7.89. The molecule has 0 saturated carbocycles. The molecule has 0 aliphatic heterocycles. The monoisotopic (exact) mass is 217 g/mol. The van der Waals surface area contributed by atoms with Crippen molar-refractivity contribution in [3.05, 3.63) is 27.9 Å². The molecule has 2 N–H and O–H groups in total. The van der Waals surface area contributed by atoms with Crippen LogP contribution in [0.5, 0.6) is 0 Å². The molecule has 0 aliphatic carbocycles. The highest BCUT2D eigenvalue weighted by Crippen LogP contribution is 2.18. The van der Waals surface area contributed by atoms with Crippen molar-refractivity contribution in [1.29, 1.82) is 0 Å². The third-order valence-corrected chi connectivity index (χ3v) is 2.34. The van der Waals surface area contributed by atoms with E-state index in [9.17, 15) is 18.5 Å². The molecule has 7 nitrogen and oxygen atoms in total. The first-order chi connectivity index (χ1) is 6.32. The molecule has 1 heterocycles. The van der Waals surface area contributed by atoms with Crippen LogP contribution in [-0.2, 0) is 10.0 Å². The molecule has 76 valence electrons. The molecule has 0 spiro atoms. The van der Waals surface area contributed by atoms with Gasteiger partial charge in [-0.3, -0.25) is 10.1 Å². The minimum absolute atomic E-state index is 0.280. The number of nitrogens with zero attached hydrogens (tertiary/aromatic N) is 2. The van der Waals surface area contributed by atoms with E-state index in [1.54, 1.807) is 0 Å². The van der Waals surface area contributed by atoms with Gasteiger partial charge in [0.2, 0.25) is 0 Å². The summed E-state index contributed by atoms with van der Waals surface area (Å²) in [6.45, 7) is 1.46. The van der Waals surface area contributed by atoms with Crippen molar-refractivity contribution in [2.45, 2.75) is 11.9 Å². The van der Waals surface area contributed by atoms with Crippen LogP contribution in [0.25, 0.3) is 0 Å². The first-order valence-electron chi connectivity index (χ1n) is 3.46. The van der Waals surface area contributed by atoms with Crippen LogP contribution in [0, 0.1) is 17.0 Å². The summed E-state index contributed by atoms with van der Waals surface area (Å²) in [5.41, 5.74) is -0.0357. The first kappa shape index (κ1) is 10.5. The van der Waals surface area contributed by atoms with Gasteiger partial charge in [-0.2, -0.15) is 0 Å². The van der Waals surface area contributed by atoms with E-state index in [0.717, 1.165) is 12.3 Å². The smallest absolute Gasteiger partial charge is 0.258 e. The van der Waals surface area contributed by atoms with Crippen molar-refractivity contribution in [3.8, 4) is 0 Å². The summed E-state index contributed by atoms with van der Waals surface area (Å²) in [6.07, 6.45) is 1.10. The molecule has 0 atom stereocenters. The minimum atomic E-state index is -3.99. The van der Waals surface area contributed by atoms with E-state index in [1.807, 2.05) is 0 Å². The standard InChI is InChI=1S/C6H7N3O4S/c1-4-3-8-6(14(7,12)13)2-5(4)9(10)11/h2-3H,1H3,(H2,7,12,13). The number of sulfonamides is 1. The number of hydrogen-bond donors (Lipinski definition) is 1. The molecule has 0 fully saturated rings. The molecule has 0 radical (unpaired) electrons. The number of pyridine rings is 1. The Labute approximate surface area is 79.8 Å². The third kappa shape index (κ3) is 2.03. The SMILES string of the molecule is Cc1cnc(S(N)(=O)=O)cc1[N+](=O)[O-]. The maximum absolute atomic E-state index is 10.8. The van der Waals surface area contributed by atoms with Crippen LogP contribution >= 0.6 is 0 Å². The molecule has 1 rings (SSSR count). The molecule has 0 unspecified atom stereocenters. The minimum Gasteiger partial charge on any atom is -0.258 e. The number of nitro groups is 1. The summed E-state index contributed by atoms with van der Waals surface area (Å²) < 4.78 is 21.6. The van der Waals surface area contributed by atoms with Gasteiger partial charge >= 0.3 is 0 Å². The van der Waals surface area contributed by atoms with Crippen molar-refractivity contribution >= 4 is 15.7 Å². The molecule has 0 bridgehead atoms. The van der Waals surface area contributed by atoms with Crippen LogP contribution in [0.15, 0.2) is 17.3 Å². The van der Waals surface area contributed by atoms with Crippen molar-refractivity contribution in [3.63, 3.8) is 0 Å². The van der Waals surface area contributed by atoms with Gasteiger partial charge in [-0.25, -0.2) is 18.5 Å². The van der Waals surface area contributed by atoms with Crippen LogP contribution < -0.4 is 5.14 Å². The fraction of sp³-hybridized carbons (Fsp3) is 0.167. The van der Waals surface area contributed by atoms with Gasteiger partial charge in [0.15, 0.2) is 5.03 Å². The summed E-state index contributed by atoms with van der Waals surface area (Å²) in [7, 11) is -3.99. The molecule has 8 heteroatoms. The van der Waals surface area contributed by atoms with Gasteiger partial charge in [-0.1, -0.05) is 0 Å². The number of aryl methyl sites for hydroxylation is 1. The number of nitrogens with two attached hydrogens (primary N) is 1. The van der Waals surface area contributed by atoms with Crippen LogP contribution in [0.4, 0.5) is 5.69 Å². The summed E-state index contributed by atoms with van der Waals surface area (Å²) in [4.78, 5) is 13.2. The Balaban J connectivity index is 3.42. The van der Waals surface area contributed by atoms with Crippen molar-refractivity contribution in [2.24, 2.45) is 5.14 Å². The van der Waals surface area contributed by atoms with E-state index in [1.165, 1.54) is 6.92 Å². The summed E-state index contributed by atoms with van der Waals surface area (Å²) >= 11 is 0. The second kappa shape index (κ2) is 3.31. The van der Waals surface area contributed by atoms with E-state index < -0.39 is 20.0 Å². The van der Waals surface area contributed by atoms with E-state index >= 15 is 0 Å². The fourth-order valence-electron chi connectivity index (χ4n) is 0.847. The molecule has 1 aromatic rings. The zero-order valence-corrected chi connectivity index (χ0v) is 7.98. The lowest BCUT2D eigenvalue weighted by Gasteiger charge is -1.99. The number of rotatable bonds is 2. The van der Waals surface area contributed by atoms with Gasteiger partial charge in [0.25, 0.3) is 15.7 Å². The number of aromatic nitrogens is 1. The number of hydrogen-bond acceptors (Lipinski definition) is 5. The summed E-state index contributed by atoms with van der Waals surface area (Å²) in [6, 6.07) is 0.838. The normalized spacial score (nSPS) is 11.3.